The standard InChI is InChI=1S/C24H35N5O2.HI/c1-5-25-24(27-17-19-9-8-12-23(28-19)29(2)3)26-16-18-13-14-21(30-4)15-22(18)31-20-10-6-7-11-20;/h8-9,12-15,20H,5-7,10-11,16-17H2,1-4H3,(H2,25,26,27);1H. The zero-order valence-corrected chi connectivity index (χ0v) is 21.9. The maximum absolute atomic E-state index is 6.30. The lowest BCUT2D eigenvalue weighted by Gasteiger charge is -2.17. The molecule has 0 aliphatic heterocycles. The van der Waals surface area contributed by atoms with Crippen LogP contribution in [-0.4, -0.2) is 44.8 Å². The summed E-state index contributed by atoms with van der Waals surface area (Å²) in [6.07, 6.45) is 4.99. The number of anilines is 1. The first-order chi connectivity index (χ1) is 15.1. The maximum atomic E-state index is 6.30. The van der Waals surface area contributed by atoms with Crippen LogP contribution in [0.25, 0.3) is 0 Å². The molecule has 1 aromatic carbocycles. The van der Waals surface area contributed by atoms with E-state index in [0.29, 0.717) is 13.1 Å². The van der Waals surface area contributed by atoms with Crippen LogP contribution < -0.4 is 25.0 Å². The number of aromatic nitrogens is 1. The van der Waals surface area contributed by atoms with E-state index in [2.05, 4.69) is 22.5 Å². The van der Waals surface area contributed by atoms with Crippen molar-refractivity contribution in [3.63, 3.8) is 0 Å². The Bertz CT molecular complexity index is 869. The first-order valence-corrected chi connectivity index (χ1v) is 11.1. The molecule has 1 fully saturated rings. The molecule has 2 aromatic rings. The maximum Gasteiger partial charge on any atom is 0.191 e. The SMILES string of the molecule is CCNC(=NCc1ccc(OC)cc1OC1CCCC1)NCc1cccc(N(C)C)n1.I. The summed E-state index contributed by atoms with van der Waals surface area (Å²) in [6, 6.07) is 12.0. The highest BCUT2D eigenvalue weighted by Crippen LogP contribution is 2.30. The van der Waals surface area contributed by atoms with Crippen LogP contribution in [0.3, 0.4) is 0 Å². The number of nitrogens with one attached hydrogen (secondary N) is 2. The monoisotopic (exact) mass is 553 g/mol. The van der Waals surface area contributed by atoms with Crippen molar-refractivity contribution in [1.29, 1.82) is 0 Å². The predicted octanol–water partition coefficient (Wildman–Crippen LogP) is 4.35. The van der Waals surface area contributed by atoms with E-state index >= 15 is 0 Å². The lowest BCUT2D eigenvalue weighted by atomic mass is 10.2. The van der Waals surface area contributed by atoms with E-state index in [-0.39, 0.29) is 30.1 Å². The van der Waals surface area contributed by atoms with Crippen molar-refractivity contribution in [1.82, 2.24) is 15.6 Å². The smallest absolute Gasteiger partial charge is 0.191 e. The molecular weight excluding hydrogens is 517 g/mol. The van der Waals surface area contributed by atoms with E-state index in [4.69, 9.17) is 14.5 Å². The summed E-state index contributed by atoms with van der Waals surface area (Å²) in [5.41, 5.74) is 2.02. The van der Waals surface area contributed by atoms with Gasteiger partial charge in [-0.15, -0.1) is 24.0 Å². The molecule has 0 bridgehead atoms. The van der Waals surface area contributed by atoms with E-state index in [9.17, 15) is 0 Å². The fourth-order valence-electron chi connectivity index (χ4n) is 3.58. The molecule has 3 rings (SSSR count). The van der Waals surface area contributed by atoms with Crippen molar-refractivity contribution >= 4 is 35.8 Å². The molecule has 176 valence electrons. The van der Waals surface area contributed by atoms with Gasteiger partial charge in [-0.3, -0.25) is 0 Å². The summed E-state index contributed by atoms with van der Waals surface area (Å²) in [5, 5.41) is 6.69. The van der Waals surface area contributed by atoms with Gasteiger partial charge in [0.25, 0.3) is 0 Å². The normalized spacial score (nSPS) is 13.9. The van der Waals surface area contributed by atoms with Crippen LogP contribution in [0.4, 0.5) is 5.82 Å². The third-order valence-corrected chi connectivity index (χ3v) is 5.31. The van der Waals surface area contributed by atoms with E-state index in [1.54, 1.807) is 7.11 Å². The highest BCUT2D eigenvalue weighted by atomic mass is 127. The number of hydrogen-bond acceptors (Lipinski definition) is 5. The van der Waals surface area contributed by atoms with E-state index in [0.717, 1.165) is 53.9 Å². The number of hydrogen-bond donors (Lipinski definition) is 2. The zero-order chi connectivity index (χ0) is 22.1. The molecule has 1 aliphatic carbocycles. The molecule has 8 heteroatoms. The molecular formula is C24H36IN5O2. The Morgan fingerprint density at radius 2 is 1.94 bits per heavy atom. The van der Waals surface area contributed by atoms with Gasteiger partial charge < -0.3 is 25.0 Å². The third-order valence-electron chi connectivity index (χ3n) is 5.31. The number of rotatable bonds is 9. The van der Waals surface area contributed by atoms with Crippen LogP contribution in [0.5, 0.6) is 11.5 Å². The van der Waals surface area contributed by atoms with Gasteiger partial charge in [0.2, 0.25) is 0 Å². The van der Waals surface area contributed by atoms with Crippen molar-refractivity contribution < 1.29 is 9.47 Å². The second-order valence-electron chi connectivity index (χ2n) is 7.93. The van der Waals surface area contributed by atoms with Gasteiger partial charge in [0.15, 0.2) is 5.96 Å². The number of nitrogens with zero attached hydrogens (tertiary/aromatic N) is 3. The molecule has 1 saturated carbocycles. The van der Waals surface area contributed by atoms with E-state index < -0.39 is 0 Å². The molecule has 1 heterocycles. The van der Waals surface area contributed by atoms with Gasteiger partial charge >= 0.3 is 0 Å². The molecule has 0 amide bonds. The van der Waals surface area contributed by atoms with Crippen LogP contribution in [0, 0.1) is 0 Å². The number of benzene rings is 1. The average Bonchev–Trinajstić information content (AvgIpc) is 3.29. The lowest BCUT2D eigenvalue weighted by molar-refractivity contribution is 0.207. The predicted molar refractivity (Wildman–Crippen MR) is 142 cm³/mol. The topological polar surface area (TPSA) is 71.0 Å². The van der Waals surface area contributed by atoms with Crippen molar-refractivity contribution in [3.05, 3.63) is 47.7 Å². The van der Waals surface area contributed by atoms with Gasteiger partial charge in [-0.1, -0.05) is 6.07 Å². The number of pyridine rings is 1. The lowest BCUT2D eigenvalue weighted by Crippen LogP contribution is -2.37. The Morgan fingerprint density at radius 1 is 1.16 bits per heavy atom. The largest absolute Gasteiger partial charge is 0.497 e. The van der Waals surface area contributed by atoms with Gasteiger partial charge in [0.1, 0.15) is 17.3 Å². The average molecular weight is 553 g/mol. The number of methoxy groups -OCH3 is 1. The molecule has 1 aromatic heterocycles. The van der Waals surface area contributed by atoms with Crippen LogP contribution in [0.2, 0.25) is 0 Å². The number of ether oxygens (including phenoxy) is 2. The zero-order valence-electron chi connectivity index (χ0n) is 19.6. The quantitative estimate of drug-likeness (QED) is 0.274. The van der Waals surface area contributed by atoms with Gasteiger partial charge in [-0.25, -0.2) is 9.98 Å². The van der Waals surface area contributed by atoms with Gasteiger partial charge in [0, 0.05) is 32.3 Å². The minimum atomic E-state index is 0. The fourth-order valence-corrected chi connectivity index (χ4v) is 3.58. The van der Waals surface area contributed by atoms with Crippen molar-refractivity contribution in [3.8, 4) is 11.5 Å². The summed E-state index contributed by atoms with van der Waals surface area (Å²) < 4.78 is 11.7. The summed E-state index contributed by atoms with van der Waals surface area (Å²) >= 11 is 0. The minimum absolute atomic E-state index is 0. The summed E-state index contributed by atoms with van der Waals surface area (Å²) in [6.45, 7) is 3.96. The Morgan fingerprint density at radius 3 is 2.62 bits per heavy atom. The first-order valence-electron chi connectivity index (χ1n) is 11.1. The van der Waals surface area contributed by atoms with Crippen LogP contribution in [0.15, 0.2) is 41.4 Å². The Labute approximate surface area is 209 Å². The minimum Gasteiger partial charge on any atom is -0.497 e. The molecule has 0 saturated heterocycles. The summed E-state index contributed by atoms with van der Waals surface area (Å²) in [7, 11) is 5.66. The molecule has 0 atom stereocenters. The summed E-state index contributed by atoms with van der Waals surface area (Å²) in [5.74, 6) is 3.36. The van der Waals surface area contributed by atoms with Gasteiger partial charge in [0.05, 0.1) is 32.0 Å². The van der Waals surface area contributed by atoms with Crippen molar-refractivity contribution in [2.75, 3.05) is 32.6 Å². The molecule has 7 nitrogen and oxygen atoms in total. The second-order valence-corrected chi connectivity index (χ2v) is 7.93. The van der Waals surface area contributed by atoms with Crippen LogP contribution in [0.1, 0.15) is 43.9 Å². The first kappa shape index (κ1) is 26.0. The highest BCUT2D eigenvalue weighted by Gasteiger charge is 2.18. The molecule has 2 N–H and O–H groups in total. The molecule has 0 spiro atoms. The van der Waals surface area contributed by atoms with E-state index in [1.165, 1.54) is 12.8 Å². The highest BCUT2D eigenvalue weighted by molar-refractivity contribution is 14.0. The number of aliphatic imine (C=N–C) groups is 1. The number of guanidine groups is 1. The number of halogens is 1. The second kappa shape index (κ2) is 13.3. The van der Waals surface area contributed by atoms with Gasteiger partial charge in [-0.05, 0) is 56.9 Å². The van der Waals surface area contributed by atoms with Crippen molar-refractivity contribution in [2.24, 2.45) is 4.99 Å². The Hall–Kier alpha value is -2.23. The molecule has 0 radical (unpaired) electrons. The van der Waals surface area contributed by atoms with Crippen LogP contribution in [-0.2, 0) is 13.1 Å². The third kappa shape index (κ3) is 7.72. The van der Waals surface area contributed by atoms with Crippen LogP contribution >= 0.6 is 24.0 Å². The summed E-state index contributed by atoms with van der Waals surface area (Å²) in [4.78, 5) is 11.4. The molecule has 0 unspecified atom stereocenters. The van der Waals surface area contributed by atoms with Crippen molar-refractivity contribution in [2.45, 2.75) is 51.8 Å². The Kier molecular flexibility index (Phi) is 10.9. The van der Waals surface area contributed by atoms with Gasteiger partial charge in [-0.2, -0.15) is 0 Å². The molecule has 32 heavy (non-hydrogen) atoms. The Balaban J connectivity index is 0.00000363. The fraction of sp³-hybridized carbons (Fsp3) is 0.500. The molecule has 1 aliphatic rings. The van der Waals surface area contributed by atoms with E-state index in [1.807, 2.05) is 55.4 Å².